The largest absolute Gasteiger partial charge is 0.179 e. The molecule has 0 aliphatic heterocycles. The lowest BCUT2D eigenvalue weighted by Gasteiger charge is -2.39. The van der Waals surface area contributed by atoms with E-state index in [2.05, 4.69) is 194 Å². The Morgan fingerprint density at radius 2 is 0.682 bits per heavy atom. The van der Waals surface area contributed by atoms with E-state index in [1.807, 2.05) is 0 Å². The highest BCUT2D eigenvalue weighted by Gasteiger charge is 2.46. The molecule has 0 saturated heterocycles. The van der Waals surface area contributed by atoms with Gasteiger partial charge in [0.05, 0.1) is 0 Å². The molecule has 7 rings (SSSR count). The van der Waals surface area contributed by atoms with Crippen molar-refractivity contribution in [1.29, 1.82) is 0 Å². The van der Waals surface area contributed by atoms with Crippen LogP contribution in [0.5, 0.6) is 0 Å². The molecular weight excluding hydrogens is 561 g/mol. The monoisotopic (exact) mass is 596 g/mol. The summed E-state index contributed by atoms with van der Waals surface area (Å²) in [5.41, 5.74) is 0. The third-order valence-corrected chi connectivity index (χ3v) is 19.0. The summed E-state index contributed by atoms with van der Waals surface area (Å²) in [6, 6.07) is 66.3. The van der Waals surface area contributed by atoms with Crippen LogP contribution in [0.25, 0.3) is 0 Å². The highest BCUT2D eigenvalue weighted by atomic mass is 28.3. The summed E-state index contributed by atoms with van der Waals surface area (Å²) >= 11 is 0. The van der Waals surface area contributed by atoms with E-state index in [0.717, 1.165) is 12.8 Å². The van der Waals surface area contributed by atoms with Gasteiger partial charge in [0, 0.05) is 0 Å². The Labute approximate surface area is 263 Å². The summed E-state index contributed by atoms with van der Waals surface area (Å²) in [6.07, 6.45) is 9.19. The summed E-state index contributed by atoms with van der Waals surface area (Å²) in [4.78, 5) is 0. The molecule has 44 heavy (non-hydrogen) atoms. The molecule has 0 spiro atoms. The molecule has 0 aromatic heterocycles. The van der Waals surface area contributed by atoms with Gasteiger partial charge in [-0.25, -0.2) is 0 Å². The van der Waals surface area contributed by atoms with Gasteiger partial charge in [0.1, 0.15) is 0 Å². The van der Waals surface area contributed by atoms with E-state index in [-0.39, 0.29) is 0 Å². The number of benzene rings is 6. The topological polar surface area (TPSA) is 0 Å². The van der Waals surface area contributed by atoms with Crippen molar-refractivity contribution in [2.45, 2.75) is 12.8 Å². The van der Waals surface area contributed by atoms with Crippen LogP contribution < -0.4 is 36.3 Å². The average molecular weight is 597 g/mol. The second kappa shape index (κ2) is 12.5. The Bertz CT molecular complexity index is 1740. The number of hydrogen-bond donors (Lipinski definition) is 0. The molecule has 1 aliphatic carbocycles. The molecule has 0 fully saturated rings. The average Bonchev–Trinajstić information content (AvgIpc) is 3.12. The molecule has 1 aliphatic rings. The van der Waals surface area contributed by atoms with Crippen LogP contribution in [0, 0.1) is 0 Å². The minimum Gasteiger partial charge on any atom is -0.0842 e. The van der Waals surface area contributed by atoms with Crippen molar-refractivity contribution in [2.75, 3.05) is 0 Å². The second-order valence-corrected chi connectivity index (χ2v) is 19.3. The first-order chi connectivity index (χ1) is 21.8. The molecule has 0 saturated carbocycles. The molecular formula is C42H36Si2. The van der Waals surface area contributed by atoms with Gasteiger partial charge in [-0.1, -0.05) is 199 Å². The van der Waals surface area contributed by atoms with Gasteiger partial charge in [0.25, 0.3) is 0 Å². The minimum absolute atomic E-state index is 1.08. The molecule has 0 atom stereocenters. The molecule has 0 radical (unpaired) electrons. The standard InChI is InChI=1S/C42H36Si2/c1-7-20-35(21-8-1)43(36-22-9-2-10-23-36,37-24-11-3-12-25-37)41-32-19-33-42(34-41)44(38-26-13-4-14-27-38,39-28-15-5-16-29-39)40-30-17-6-18-31-40/h1-17,19-30,32-34H,18,31H2. The van der Waals surface area contributed by atoms with E-state index in [1.165, 1.54) is 36.3 Å². The first-order valence-electron chi connectivity index (χ1n) is 15.6. The SMILES string of the molecule is C1=CCCC([Si](c2ccccc2)(c2ccccc2)c2cccc([Si](c3ccccc3)(c3ccccc3)c3ccccc3)c2)=C1. The Morgan fingerprint density at radius 3 is 1.05 bits per heavy atom. The first-order valence-corrected chi connectivity index (χ1v) is 19.6. The molecule has 0 unspecified atom stereocenters. The molecule has 6 aromatic carbocycles. The van der Waals surface area contributed by atoms with Gasteiger partial charge in [-0.2, -0.15) is 0 Å². The fourth-order valence-electron chi connectivity index (χ4n) is 7.40. The summed E-state index contributed by atoms with van der Waals surface area (Å²) < 4.78 is 0. The fourth-order valence-corrected chi connectivity index (χ4v) is 17.4. The van der Waals surface area contributed by atoms with Gasteiger partial charge >= 0.3 is 0 Å². The number of hydrogen-bond acceptors (Lipinski definition) is 0. The van der Waals surface area contributed by atoms with E-state index in [1.54, 1.807) is 5.20 Å². The van der Waals surface area contributed by atoms with Crippen LogP contribution in [-0.4, -0.2) is 16.1 Å². The summed E-state index contributed by atoms with van der Waals surface area (Å²) in [5.74, 6) is 0. The van der Waals surface area contributed by atoms with Crippen molar-refractivity contribution < 1.29 is 0 Å². The first kappa shape index (κ1) is 28.0. The van der Waals surface area contributed by atoms with Crippen molar-refractivity contribution in [2.24, 2.45) is 0 Å². The molecule has 212 valence electrons. The zero-order valence-corrected chi connectivity index (χ0v) is 26.9. The van der Waals surface area contributed by atoms with Crippen LogP contribution in [0.15, 0.2) is 199 Å². The van der Waals surface area contributed by atoms with Crippen LogP contribution in [0.3, 0.4) is 0 Å². The molecule has 0 amide bonds. The Kier molecular flexibility index (Phi) is 7.94. The summed E-state index contributed by atoms with van der Waals surface area (Å²) in [6.45, 7) is 0. The van der Waals surface area contributed by atoms with Gasteiger partial charge in [0.15, 0.2) is 16.1 Å². The predicted molar refractivity (Wildman–Crippen MR) is 194 cm³/mol. The van der Waals surface area contributed by atoms with Crippen LogP contribution in [0.4, 0.5) is 0 Å². The van der Waals surface area contributed by atoms with E-state index >= 15 is 0 Å². The van der Waals surface area contributed by atoms with E-state index in [0.29, 0.717) is 0 Å². The number of allylic oxidation sites excluding steroid dienone is 4. The summed E-state index contributed by atoms with van der Waals surface area (Å²) in [7, 11) is -5.28. The number of rotatable bonds is 8. The molecule has 0 heterocycles. The minimum atomic E-state index is -2.67. The van der Waals surface area contributed by atoms with Gasteiger partial charge in [-0.3, -0.25) is 0 Å². The van der Waals surface area contributed by atoms with Gasteiger partial charge in [-0.05, 0) is 49.1 Å². The zero-order chi connectivity index (χ0) is 29.7. The Hall–Kier alpha value is -4.77. The molecule has 0 bridgehead atoms. The maximum absolute atomic E-state index is 2.67. The fraction of sp³-hybridized carbons (Fsp3) is 0.0476. The third-order valence-electron chi connectivity index (χ3n) is 9.26. The van der Waals surface area contributed by atoms with Crippen LogP contribution in [0.1, 0.15) is 12.8 Å². The lowest BCUT2D eigenvalue weighted by Crippen LogP contribution is -2.76. The van der Waals surface area contributed by atoms with Crippen LogP contribution in [0.2, 0.25) is 0 Å². The molecule has 2 heteroatoms. The maximum atomic E-state index is 2.62. The second-order valence-electron chi connectivity index (χ2n) is 11.6. The lowest BCUT2D eigenvalue weighted by atomic mass is 10.2. The van der Waals surface area contributed by atoms with Gasteiger partial charge < -0.3 is 0 Å². The van der Waals surface area contributed by atoms with E-state index in [4.69, 9.17) is 0 Å². The van der Waals surface area contributed by atoms with Gasteiger partial charge in [0.2, 0.25) is 0 Å². The van der Waals surface area contributed by atoms with Crippen molar-refractivity contribution in [3.63, 3.8) is 0 Å². The van der Waals surface area contributed by atoms with Gasteiger partial charge in [-0.15, -0.1) is 0 Å². The molecule has 0 N–H and O–H groups in total. The van der Waals surface area contributed by atoms with E-state index < -0.39 is 16.1 Å². The maximum Gasteiger partial charge on any atom is 0.179 e. The zero-order valence-electron chi connectivity index (χ0n) is 24.9. The Morgan fingerprint density at radius 1 is 0.341 bits per heavy atom. The Balaban J connectivity index is 1.60. The van der Waals surface area contributed by atoms with Crippen LogP contribution in [-0.2, 0) is 0 Å². The molecule has 0 nitrogen and oxygen atoms in total. The van der Waals surface area contributed by atoms with Crippen molar-refractivity contribution in [1.82, 2.24) is 0 Å². The van der Waals surface area contributed by atoms with Crippen molar-refractivity contribution in [3.05, 3.63) is 199 Å². The highest BCUT2D eigenvalue weighted by Crippen LogP contribution is 2.24. The van der Waals surface area contributed by atoms with E-state index in [9.17, 15) is 0 Å². The normalized spacial score (nSPS) is 13.3. The van der Waals surface area contributed by atoms with Crippen LogP contribution >= 0.6 is 0 Å². The quantitative estimate of drug-likeness (QED) is 0.164. The van der Waals surface area contributed by atoms with Crippen molar-refractivity contribution in [3.8, 4) is 0 Å². The molecule has 6 aromatic rings. The predicted octanol–water partition coefficient (Wildman–Crippen LogP) is 5.35. The lowest BCUT2D eigenvalue weighted by molar-refractivity contribution is 1.01. The third kappa shape index (κ3) is 4.77. The summed E-state index contributed by atoms with van der Waals surface area (Å²) in [5, 5.41) is 11.5. The van der Waals surface area contributed by atoms with Crippen molar-refractivity contribution >= 4 is 52.5 Å². The highest BCUT2D eigenvalue weighted by molar-refractivity contribution is 7.20. The smallest absolute Gasteiger partial charge is 0.0842 e.